The van der Waals surface area contributed by atoms with E-state index in [9.17, 15) is 0 Å². The lowest BCUT2D eigenvalue weighted by Gasteiger charge is -2.22. The molecule has 0 radical (unpaired) electrons. The Bertz CT molecular complexity index is 134. The topological polar surface area (TPSA) is 32.5 Å². The lowest BCUT2D eigenvalue weighted by atomic mass is 10.3. The molecule has 0 aromatic rings. The Hall–Kier alpha value is -0.120. The average Bonchev–Trinajstić information content (AvgIpc) is 2.53. The van der Waals surface area contributed by atoms with Crippen LogP contribution in [0.2, 0.25) is 0 Å². The lowest BCUT2D eigenvalue weighted by Crippen LogP contribution is -2.35. The van der Waals surface area contributed by atoms with E-state index in [0.29, 0.717) is 6.04 Å². The van der Waals surface area contributed by atoms with Crippen LogP contribution in [0.4, 0.5) is 0 Å². The minimum atomic E-state index is 0.428. The van der Waals surface area contributed by atoms with Crippen molar-refractivity contribution >= 4 is 0 Å². The highest BCUT2D eigenvalue weighted by atomic mass is 15.2. The van der Waals surface area contributed by atoms with E-state index in [-0.39, 0.29) is 0 Å². The third-order valence-electron chi connectivity index (χ3n) is 2.94. The molecule has 1 rings (SSSR count). The van der Waals surface area contributed by atoms with E-state index in [1.54, 1.807) is 0 Å². The standard InChI is InChI=1S/C10H23N3/c1-3-12(4-2)7-8-13-6-5-10(11)9-13/h10H,3-9,11H2,1-2H3. The van der Waals surface area contributed by atoms with E-state index in [2.05, 4.69) is 23.6 Å². The summed E-state index contributed by atoms with van der Waals surface area (Å²) < 4.78 is 0. The van der Waals surface area contributed by atoms with Gasteiger partial charge in [0.25, 0.3) is 0 Å². The lowest BCUT2D eigenvalue weighted by molar-refractivity contribution is 0.239. The molecule has 0 aliphatic carbocycles. The Morgan fingerprint density at radius 3 is 2.54 bits per heavy atom. The fraction of sp³-hybridized carbons (Fsp3) is 1.00. The number of hydrogen-bond acceptors (Lipinski definition) is 3. The Morgan fingerprint density at radius 2 is 2.08 bits per heavy atom. The highest BCUT2D eigenvalue weighted by Gasteiger charge is 2.18. The maximum absolute atomic E-state index is 5.84. The summed E-state index contributed by atoms with van der Waals surface area (Å²) in [5.74, 6) is 0. The van der Waals surface area contributed by atoms with Gasteiger partial charge in [-0.15, -0.1) is 0 Å². The monoisotopic (exact) mass is 185 g/mol. The first-order valence-electron chi connectivity index (χ1n) is 5.46. The number of likely N-dealkylation sites (N-methyl/N-ethyl adjacent to an activating group) is 1. The van der Waals surface area contributed by atoms with Gasteiger partial charge in [0.05, 0.1) is 0 Å². The van der Waals surface area contributed by atoms with Crippen molar-refractivity contribution in [3.63, 3.8) is 0 Å². The zero-order valence-electron chi connectivity index (χ0n) is 9.00. The number of rotatable bonds is 5. The molecule has 1 saturated heterocycles. The molecule has 2 N–H and O–H groups in total. The number of likely N-dealkylation sites (tertiary alicyclic amines) is 1. The second kappa shape index (κ2) is 5.58. The van der Waals surface area contributed by atoms with Gasteiger partial charge in [-0.2, -0.15) is 0 Å². The van der Waals surface area contributed by atoms with Gasteiger partial charge in [0.15, 0.2) is 0 Å². The molecule has 13 heavy (non-hydrogen) atoms. The van der Waals surface area contributed by atoms with Crippen LogP contribution in [-0.2, 0) is 0 Å². The molecule has 1 unspecified atom stereocenters. The minimum absolute atomic E-state index is 0.428. The fourth-order valence-electron chi connectivity index (χ4n) is 1.89. The predicted molar refractivity (Wildman–Crippen MR) is 56.8 cm³/mol. The van der Waals surface area contributed by atoms with Gasteiger partial charge in [0, 0.05) is 25.7 Å². The van der Waals surface area contributed by atoms with Gasteiger partial charge in [0.1, 0.15) is 0 Å². The van der Waals surface area contributed by atoms with Gasteiger partial charge in [-0.3, -0.25) is 0 Å². The fourth-order valence-corrected chi connectivity index (χ4v) is 1.89. The number of nitrogens with two attached hydrogens (primary N) is 1. The van der Waals surface area contributed by atoms with Crippen molar-refractivity contribution in [2.24, 2.45) is 5.73 Å². The van der Waals surface area contributed by atoms with Crippen LogP contribution in [0, 0.1) is 0 Å². The molecule has 3 heteroatoms. The summed E-state index contributed by atoms with van der Waals surface area (Å²) in [6.45, 7) is 11.4. The van der Waals surface area contributed by atoms with Gasteiger partial charge in [-0.05, 0) is 26.1 Å². The molecule has 3 nitrogen and oxygen atoms in total. The van der Waals surface area contributed by atoms with Crippen molar-refractivity contribution in [2.45, 2.75) is 26.3 Å². The van der Waals surface area contributed by atoms with Crippen molar-refractivity contribution in [3.05, 3.63) is 0 Å². The molecule has 1 atom stereocenters. The zero-order chi connectivity index (χ0) is 9.68. The second-order valence-electron chi connectivity index (χ2n) is 3.88. The summed E-state index contributed by atoms with van der Waals surface area (Å²) in [7, 11) is 0. The van der Waals surface area contributed by atoms with Crippen LogP contribution in [0.15, 0.2) is 0 Å². The summed E-state index contributed by atoms with van der Waals surface area (Å²) in [5, 5.41) is 0. The van der Waals surface area contributed by atoms with Gasteiger partial charge >= 0.3 is 0 Å². The smallest absolute Gasteiger partial charge is 0.0180 e. The van der Waals surface area contributed by atoms with Crippen LogP contribution in [0.5, 0.6) is 0 Å². The van der Waals surface area contributed by atoms with Crippen LogP contribution >= 0.6 is 0 Å². The average molecular weight is 185 g/mol. The minimum Gasteiger partial charge on any atom is -0.326 e. The van der Waals surface area contributed by atoms with E-state index in [0.717, 1.165) is 19.6 Å². The maximum Gasteiger partial charge on any atom is 0.0180 e. The molecule has 0 aromatic heterocycles. The second-order valence-corrected chi connectivity index (χ2v) is 3.88. The van der Waals surface area contributed by atoms with Crippen molar-refractivity contribution in [3.8, 4) is 0 Å². The predicted octanol–water partition coefficient (Wildman–Crippen LogP) is 0.361. The SMILES string of the molecule is CCN(CC)CCN1CCC(N)C1. The summed E-state index contributed by atoms with van der Waals surface area (Å²) in [6.07, 6.45) is 1.18. The Balaban J connectivity index is 2.11. The molecule has 78 valence electrons. The van der Waals surface area contributed by atoms with Crippen LogP contribution in [-0.4, -0.2) is 55.1 Å². The van der Waals surface area contributed by atoms with Gasteiger partial charge in [-0.25, -0.2) is 0 Å². The molecule has 0 spiro atoms. The first-order valence-corrected chi connectivity index (χ1v) is 5.46. The van der Waals surface area contributed by atoms with Gasteiger partial charge < -0.3 is 15.5 Å². The van der Waals surface area contributed by atoms with Crippen LogP contribution in [0.25, 0.3) is 0 Å². The third-order valence-corrected chi connectivity index (χ3v) is 2.94. The zero-order valence-corrected chi connectivity index (χ0v) is 9.00. The van der Waals surface area contributed by atoms with E-state index in [1.165, 1.54) is 26.1 Å². The highest BCUT2D eigenvalue weighted by Crippen LogP contribution is 2.06. The quantitative estimate of drug-likeness (QED) is 0.671. The molecule has 0 saturated carbocycles. The van der Waals surface area contributed by atoms with E-state index < -0.39 is 0 Å². The molecule has 0 amide bonds. The molecule has 1 aliphatic heterocycles. The Kier molecular flexibility index (Phi) is 4.70. The third kappa shape index (κ3) is 3.63. The summed E-state index contributed by atoms with van der Waals surface area (Å²) in [4.78, 5) is 4.94. The number of nitrogens with zero attached hydrogens (tertiary/aromatic N) is 2. The molecule has 0 bridgehead atoms. The van der Waals surface area contributed by atoms with E-state index in [1.807, 2.05) is 0 Å². The summed E-state index contributed by atoms with van der Waals surface area (Å²) in [6, 6.07) is 0.428. The van der Waals surface area contributed by atoms with Crippen molar-refractivity contribution in [1.29, 1.82) is 0 Å². The summed E-state index contributed by atoms with van der Waals surface area (Å²) in [5.41, 5.74) is 5.84. The van der Waals surface area contributed by atoms with Crippen LogP contribution in [0.1, 0.15) is 20.3 Å². The molecule has 1 fully saturated rings. The van der Waals surface area contributed by atoms with Gasteiger partial charge in [-0.1, -0.05) is 13.8 Å². The molecule has 1 aliphatic rings. The van der Waals surface area contributed by atoms with Crippen molar-refractivity contribution in [2.75, 3.05) is 39.3 Å². The first kappa shape index (κ1) is 11.0. The Labute approximate surface area is 81.9 Å². The highest BCUT2D eigenvalue weighted by molar-refractivity contribution is 4.78. The molecule has 1 heterocycles. The molecular weight excluding hydrogens is 162 g/mol. The first-order chi connectivity index (χ1) is 6.26. The van der Waals surface area contributed by atoms with Crippen molar-refractivity contribution < 1.29 is 0 Å². The largest absolute Gasteiger partial charge is 0.326 e. The summed E-state index contributed by atoms with van der Waals surface area (Å²) >= 11 is 0. The molecule has 0 aromatic carbocycles. The normalized spacial score (nSPS) is 24.5. The van der Waals surface area contributed by atoms with E-state index >= 15 is 0 Å². The maximum atomic E-state index is 5.84. The molecular formula is C10H23N3. The van der Waals surface area contributed by atoms with E-state index in [4.69, 9.17) is 5.73 Å². The van der Waals surface area contributed by atoms with Crippen LogP contribution < -0.4 is 5.73 Å². The number of hydrogen-bond donors (Lipinski definition) is 1. The van der Waals surface area contributed by atoms with Gasteiger partial charge in [0.2, 0.25) is 0 Å². The van der Waals surface area contributed by atoms with Crippen LogP contribution in [0.3, 0.4) is 0 Å². The van der Waals surface area contributed by atoms with Crippen molar-refractivity contribution in [1.82, 2.24) is 9.80 Å². The Morgan fingerprint density at radius 1 is 1.38 bits per heavy atom.